The quantitative estimate of drug-likeness (QED) is 0.574. The van der Waals surface area contributed by atoms with E-state index < -0.39 is 0 Å². The van der Waals surface area contributed by atoms with Gasteiger partial charge in [-0.1, -0.05) is 18.2 Å². The third-order valence-corrected chi connectivity index (χ3v) is 6.02. The smallest absolute Gasteiger partial charge is 0.232 e. The molecule has 172 valence electrons. The number of carbonyl (C=O) groups excluding carboxylic acids is 1. The van der Waals surface area contributed by atoms with E-state index in [1.165, 1.54) is 24.4 Å². The van der Waals surface area contributed by atoms with E-state index in [1.807, 2.05) is 37.3 Å². The van der Waals surface area contributed by atoms with Crippen molar-refractivity contribution in [1.29, 1.82) is 0 Å². The maximum Gasteiger partial charge on any atom is 0.232 e. The largest absolute Gasteiger partial charge is 0.490 e. The van der Waals surface area contributed by atoms with E-state index in [1.54, 1.807) is 0 Å². The van der Waals surface area contributed by atoms with Crippen LogP contribution in [0.1, 0.15) is 36.5 Å². The van der Waals surface area contributed by atoms with Crippen LogP contribution < -0.4 is 20.3 Å². The number of piperidine rings is 1. The number of ether oxygens (including phenoxy) is 1. The molecule has 4 rings (SSSR count). The number of benzene rings is 2. The summed E-state index contributed by atoms with van der Waals surface area (Å²) in [5.74, 6) is 1.98. The van der Waals surface area contributed by atoms with Crippen molar-refractivity contribution in [2.75, 3.05) is 28.6 Å². The highest BCUT2D eigenvalue weighted by molar-refractivity contribution is 5.90. The lowest BCUT2D eigenvalue weighted by Crippen LogP contribution is -2.39. The van der Waals surface area contributed by atoms with Crippen LogP contribution in [0.25, 0.3) is 0 Å². The zero-order valence-electron chi connectivity index (χ0n) is 19.6. The normalized spacial score (nSPS) is 14.1. The third-order valence-electron chi connectivity index (χ3n) is 6.02. The molecule has 0 aliphatic carbocycles. The summed E-state index contributed by atoms with van der Waals surface area (Å²) >= 11 is 0. The number of aromatic nitrogens is 3. The van der Waals surface area contributed by atoms with Crippen LogP contribution in [0.2, 0.25) is 0 Å². The molecule has 1 aliphatic rings. The van der Waals surface area contributed by atoms with Crippen LogP contribution in [0.15, 0.2) is 42.7 Å². The minimum atomic E-state index is -0.109. The van der Waals surface area contributed by atoms with Crippen molar-refractivity contribution in [2.24, 2.45) is 0 Å². The van der Waals surface area contributed by atoms with Crippen molar-refractivity contribution >= 4 is 29.2 Å². The van der Waals surface area contributed by atoms with Crippen LogP contribution in [0.3, 0.4) is 0 Å². The maximum absolute atomic E-state index is 11.4. The van der Waals surface area contributed by atoms with E-state index in [4.69, 9.17) is 4.74 Å². The number of hydrogen-bond donors (Lipinski definition) is 2. The molecule has 1 aliphatic heterocycles. The molecule has 1 fully saturated rings. The Morgan fingerprint density at radius 3 is 2.48 bits per heavy atom. The lowest BCUT2D eigenvalue weighted by Gasteiger charge is -2.32. The second kappa shape index (κ2) is 9.85. The summed E-state index contributed by atoms with van der Waals surface area (Å²) in [6, 6.07) is 11.9. The van der Waals surface area contributed by atoms with E-state index >= 15 is 0 Å². The molecule has 1 amide bonds. The Balaban J connectivity index is 1.40. The van der Waals surface area contributed by atoms with Gasteiger partial charge in [0.25, 0.3) is 0 Å². The summed E-state index contributed by atoms with van der Waals surface area (Å²) in [5, 5.41) is 6.09. The van der Waals surface area contributed by atoms with Gasteiger partial charge in [0, 0.05) is 44.2 Å². The molecule has 0 bridgehead atoms. The van der Waals surface area contributed by atoms with Gasteiger partial charge in [0.1, 0.15) is 18.2 Å². The standard InChI is InChI=1S/C25H30N6O2/c1-16-7-5-10-23(17(16)2)33-20-11-13-31(14-12-20)25-27-15-26-24(30-25)29-22-9-6-8-21(18(22)3)28-19(4)32/h5-10,15,20H,11-14H2,1-4H3,(H,28,32)(H,26,27,29,30). The average molecular weight is 447 g/mol. The molecule has 2 heterocycles. The molecule has 2 aromatic carbocycles. The fourth-order valence-electron chi connectivity index (χ4n) is 3.92. The Labute approximate surface area is 194 Å². The summed E-state index contributed by atoms with van der Waals surface area (Å²) in [4.78, 5) is 26.9. The first-order chi connectivity index (χ1) is 15.9. The zero-order valence-corrected chi connectivity index (χ0v) is 19.6. The summed E-state index contributed by atoms with van der Waals surface area (Å²) in [6.07, 6.45) is 3.51. The van der Waals surface area contributed by atoms with Gasteiger partial charge >= 0.3 is 0 Å². The molecule has 33 heavy (non-hydrogen) atoms. The van der Waals surface area contributed by atoms with Gasteiger partial charge in [-0.05, 0) is 55.7 Å². The van der Waals surface area contributed by atoms with E-state index in [2.05, 4.69) is 50.4 Å². The van der Waals surface area contributed by atoms with E-state index in [-0.39, 0.29) is 12.0 Å². The monoisotopic (exact) mass is 446 g/mol. The number of aryl methyl sites for hydroxylation is 1. The molecule has 1 saturated heterocycles. The third kappa shape index (κ3) is 5.39. The number of amides is 1. The van der Waals surface area contributed by atoms with Crippen LogP contribution in [-0.2, 0) is 4.79 Å². The van der Waals surface area contributed by atoms with Crippen LogP contribution in [0.5, 0.6) is 5.75 Å². The van der Waals surface area contributed by atoms with Gasteiger partial charge < -0.3 is 20.3 Å². The van der Waals surface area contributed by atoms with Crippen LogP contribution in [-0.4, -0.2) is 40.1 Å². The van der Waals surface area contributed by atoms with Gasteiger partial charge in [-0.2, -0.15) is 4.98 Å². The fraction of sp³-hybridized carbons (Fsp3) is 0.360. The minimum Gasteiger partial charge on any atom is -0.490 e. The first kappa shape index (κ1) is 22.5. The lowest BCUT2D eigenvalue weighted by molar-refractivity contribution is -0.114. The predicted molar refractivity (Wildman–Crippen MR) is 130 cm³/mol. The van der Waals surface area contributed by atoms with Crippen molar-refractivity contribution in [1.82, 2.24) is 15.0 Å². The molecule has 3 aromatic rings. The Morgan fingerprint density at radius 2 is 1.73 bits per heavy atom. The number of carbonyl (C=O) groups is 1. The van der Waals surface area contributed by atoms with Gasteiger partial charge in [-0.25, -0.2) is 9.97 Å². The van der Waals surface area contributed by atoms with Gasteiger partial charge in [0.05, 0.1) is 0 Å². The summed E-state index contributed by atoms with van der Waals surface area (Å²) in [7, 11) is 0. The zero-order chi connectivity index (χ0) is 23.4. The van der Waals surface area contributed by atoms with Crippen molar-refractivity contribution in [3.8, 4) is 5.75 Å². The maximum atomic E-state index is 11.4. The van der Waals surface area contributed by atoms with E-state index in [9.17, 15) is 4.79 Å². The molecular formula is C25H30N6O2. The molecule has 0 atom stereocenters. The number of anilines is 4. The first-order valence-corrected chi connectivity index (χ1v) is 11.2. The number of rotatable bonds is 6. The van der Waals surface area contributed by atoms with E-state index in [0.29, 0.717) is 11.9 Å². The van der Waals surface area contributed by atoms with E-state index in [0.717, 1.165) is 48.6 Å². The molecule has 0 radical (unpaired) electrons. The summed E-state index contributed by atoms with van der Waals surface area (Å²) < 4.78 is 6.28. The molecule has 1 aromatic heterocycles. The van der Waals surface area contributed by atoms with Crippen molar-refractivity contribution < 1.29 is 9.53 Å². The predicted octanol–water partition coefficient (Wildman–Crippen LogP) is 4.55. The summed E-state index contributed by atoms with van der Waals surface area (Å²) in [6.45, 7) is 9.28. The number of nitrogens with one attached hydrogen (secondary N) is 2. The molecule has 0 saturated carbocycles. The van der Waals surface area contributed by atoms with Gasteiger partial charge in [0.15, 0.2) is 0 Å². The van der Waals surface area contributed by atoms with Crippen LogP contribution in [0.4, 0.5) is 23.3 Å². The van der Waals surface area contributed by atoms with Gasteiger partial charge in [-0.3, -0.25) is 4.79 Å². The van der Waals surface area contributed by atoms with Crippen molar-refractivity contribution in [2.45, 2.75) is 46.6 Å². The Morgan fingerprint density at radius 1 is 1.00 bits per heavy atom. The molecule has 8 nitrogen and oxygen atoms in total. The SMILES string of the molecule is CC(=O)Nc1cccc(Nc2ncnc(N3CCC(Oc4cccc(C)c4C)CC3)n2)c1C. The van der Waals surface area contributed by atoms with Gasteiger partial charge in [0.2, 0.25) is 17.8 Å². The number of hydrogen-bond acceptors (Lipinski definition) is 7. The van der Waals surface area contributed by atoms with Crippen molar-refractivity contribution in [3.05, 3.63) is 59.4 Å². The van der Waals surface area contributed by atoms with Crippen molar-refractivity contribution in [3.63, 3.8) is 0 Å². The first-order valence-electron chi connectivity index (χ1n) is 11.2. The fourth-order valence-corrected chi connectivity index (χ4v) is 3.92. The molecule has 0 unspecified atom stereocenters. The molecule has 8 heteroatoms. The Bertz CT molecular complexity index is 1140. The van der Waals surface area contributed by atoms with Crippen LogP contribution >= 0.6 is 0 Å². The minimum absolute atomic E-state index is 0.109. The lowest BCUT2D eigenvalue weighted by atomic mass is 10.1. The Kier molecular flexibility index (Phi) is 6.72. The van der Waals surface area contributed by atoms with Gasteiger partial charge in [-0.15, -0.1) is 0 Å². The molecule has 0 spiro atoms. The number of nitrogens with zero attached hydrogens (tertiary/aromatic N) is 4. The average Bonchev–Trinajstić information content (AvgIpc) is 2.80. The highest BCUT2D eigenvalue weighted by Crippen LogP contribution is 2.27. The Hall–Kier alpha value is -3.68. The summed E-state index contributed by atoms with van der Waals surface area (Å²) in [5.41, 5.74) is 4.95. The second-order valence-corrected chi connectivity index (χ2v) is 8.40. The highest BCUT2D eigenvalue weighted by Gasteiger charge is 2.23. The second-order valence-electron chi connectivity index (χ2n) is 8.40. The highest BCUT2D eigenvalue weighted by atomic mass is 16.5. The topological polar surface area (TPSA) is 92.3 Å². The molecule has 2 N–H and O–H groups in total. The van der Waals surface area contributed by atoms with Crippen LogP contribution in [0, 0.1) is 20.8 Å². The molecular weight excluding hydrogens is 416 g/mol.